The van der Waals surface area contributed by atoms with Crippen LogP contribution >= 0.6 is 9.03 Å². The van der Waals surface area contributed by atoms with Crippen LogP contribution in [0.25, 0.3) is 0 Å². The van der Waals surface area contributed by atoms with Gasteiger partial charge in [0.25, 0.3) is 0 Å². The molecular formula is C21H42NO5P. The molecule has 0 unspecified atom stereocenters. The molecule has 0 aliphatic carbocycles. The van der Waals surface area contributed by atoms with Crippen LogP contribution in [-0.4, -0.2) is 45.4 Å². The van der Waals surface area contributed by atoms with Crippen molar-refractivity contribution in [1.29, 1.82) is 0 Å². The number of hydrogen-bond acceptors (Lipinski definition) is 6. The lowest BCUT2D eigenvalue weighted by atomic mass is 9.92. The van der Waals surface area contributed by atoms with Crippen molar-refractivity contribution in [3.8, 4) is 5.75 Å². The highest BCUT2D eigenvalue weighted by molar-refractivity contribution is 7.23. The lowest BCUT2D eigenvalue weighted by Crippen LogP contribution is -2.47. The molecule has 0 spiro atoms. The van der Waals surface area contributed by atoms with Crippen molar-refractivity contribution in [1.82, 2.24) is 0 Å². The number of ether oxygens (including phenoxy) is 1. The Labute approximate surface area is 173 Å². The molecule has 0 aliphatic heterocycles. The predicted octanol–water partition coefficient (Wildman–Crippen LogP) is 3.46. The Morgan fingerprint density at radius 1 is 1.04 bits per heavy atom. The van der Waals surface area contributed by atoms with Gasteiger partial charge in [0, 0.05) is 0 Å². The first kappa shape index (κ1) is 29.5. The monoisotopic (exact) mass is 419 g/mol. The topological polar surface area (TPSA) is 116 Å². The van der Waals surface area contributed by atoms with E-state index in [1.54, 1.807) is 0 Å². The van der Waals surface area contributed by atoms with Gasteiger partial charge >= 0.3 is 0 Å². The first-order valence-electron chi connectivity index (χ1n) is 10.2. The van der Waals surface area contributed by atoms with Gasteiger partial charge < -0.3 is 30.5 Å². The fourth-order valence-electron chi connectivity index (χ4n) is 2.53. The van der Waals surface area contributed by atoms with E-state index in [1.165, 1.54) is 31.2 Å². The molecule has 28 heavy (non-hydrogen) atoms. The number of nitrogens with two attached hydrogens (primary N) is 1. The predicted molar refractivity (Wildman–Crippen MR) is 119 cm³/mol. The van der Waals surface area contributed by atoms with E-state index in [0.717, 1.165) is 30.8 Å². The molecule has 0 saturated heterocycles. The first-order valence-corrected chi connectivity index (χ1v) is 11.1. The summed E-state index contributed by atoms with van der Waals surface area (Å²) in [6, 6.07) is 6.10. The summed E-state index contributed by atoms with van der Waals surface area (Å²) in [6.07, 6.45) is 7.47. The van der Waals surface area contributed by atoms with Crippen LogP contribution in [0.3, 0.4) is 0 Å². The number of aryl methyl sites for hydroxylation is 2. The minimum absolute atomic E-state index is 0.207. The summed E-state index contributed by atoms with van der Waals surface area (Å²) in [5, 5.41) is 18.5. The van der Waals surface area contributed by atoms with Gasteiger partial charge in [-0.3, -0.25) is 0 Å². The standard InChI is InChI=1S/C19H33NO3.C2H6.H3O2P/c1-3-4-5-6-7-12-23-18-9-8-17(16(2)13-18)10-11-19(20,14-21)15-22;1-2;1-3-2/h8-9,13,21-22H,3-7,10-12,14-15,20H2,1-2H3;1-2H3;1-3H. The summed E-state index contributed by atoms with van der Waals surface area (Å²) in [5.74, 6) is 0.907. The van der Waals surface area contributed by atoms with Gasteiger partial charge in [-0.15, -0.1) is 0 Å². The smallest absolute Gasteiger partial charge is 0.149 e. The van der Waals surface area contributed by atoms with Crippen LogP contribution in [0.5, 0.6) is 5.75 Å². The molecule has 0 aromatic heterocycles. The number of unbranched alkanes of at least 4 members (excludes halogenated alkanes) is 4. The molecular weight excluding hydrogens is 377 g/mol. The molecule has 0 saturated carbocycles. The molecule has 1 aromatic rings. The van der Waals surface area contributed by atoms with Gasteiger partial charge in [-0.2, -0.15) is 0 Å². The SMILES string of the molecule is CC.CCCCCCCOc1ccc(CCC(N)(CO)CO)c(C)c1.OPO. The van der Waals surface area contributed by atoms with Crippen LogP contribution in [0.1, 0.15) is 70.4 Å². The Bertz CT molecular complexity index is 470. The number of aliphatic hydroxyl groups is 2. The maximum Gasteiger partial charge on any atom is 0.149 e. The molecule has 6 nitrogen and oxygen atoms in total. The average Bonchev–Trinajstić information content (AvgIpc) is 2.72. The largest absolute Gasteiger partial charge is 0.494 e. The summed E-state index contributed by atoms with van der Waals surface area (Å²) < 4.78 is 5.81. The van der Waals surface area contributed by atoms with Crippen molar-refractivity contribution >= 4 is 9.03 Å². The van der Waals surface area contributed by atoms with E-state index in [1.807, 2.05) is 19.9 Å². The zero-order valence-corrected chi connectivity index (χ0v) is 19.1. The first-order chi connectivity index (χ1) is 13.5. The van der Waals surface area contributed by atoms with Crippen molar-refractivity contribution in [2.45, 2.75) is 78.2 Å². The number of benzene rings is 1. The fraction of sp³-hybridized carbons (Fsp3) is 0.714. The third-order valence-electron chi connectivity index (χ3n) is 4.35. The van der Waals surface area contributed by atoms with Gasteiger partial charge in [0.1, 0.15) is 14.8 Å². The minimum Gasteiger partial charge on any atom is -0.494 e. The molecule has 1 rings (SSSR count). The Morgan fingerprint density at radius 2 is 1.61 bits per heavy atom. The van der Waals surface area contributed by atoms with Crippen molar-refractivity contribution in [3.05, 3.63) is 29.3 Å². The van der Waals surface area contributed by atoms with E-state index >= 15 is 0 Å². The van der Waals surface area contributed by atoms with Crippen LogP contribution < -0.4 is 10.5 Å². The summed E-state index contributed by atoms with van der Waals surface area (Å²) in [7, 11) is -0.917. The molecule has 1 aromatic carbocycles. The van der Waals surface area contributed by atoms with Crippen LogP contribution in [-0.2, 0) is 6.42 Å². The van der Waals surface area contributed by atoms with Gasteiger partial charge in [-0.1, -0.05) is 52.5 Å². The normalized spacial score (nSPS) is 10.5. The van der Waals surface area contributed by atoms with E-state index in [2.05, 4.69) is 26.0 Å². The highest BCUT2D eigenvalue weighted by Crippen LogP contribution is 2.21. The average molecular weight is 420 g/mol. The second-order valence-electron chi connectivity index (χ2n) is 6.63. The van der Waals surface area contributed by atoms with Gasteiger partial charge in [-0.25, -0.2) is 0 Å². The summed E-state index contributed by atoms with van der Waals surface area (Å²) in [4.78, 5) is 14.3. The van der Waals surface area contributed by atoms with Crippen LogP contribution in [0.2, 0.25) is 0 Å². The maximum absolute atomic E-state index is 9.25. The van der Waals surface area contributed by atoms with Crippen LogP contribution in [0.15, 0.2) is 18.2 Å². The fourth-order valence-corrected chi connectivity index (χ4v) is 2.53. The number of aliphatic hydroxyl groups excluding tert-OH is 2. The van der Waals surface area contributed by atoms with Crippen molar-refractivity contribution in [3.63, 3.8) is 0 Å². The van der Waals surface area contributed by atoms with Crippen molar-refractivity contribution < 1.29 is 24.7 Å². The van der Waals surface area contributed by atoms with Gasteiger partial charge in [0.15, 0.2) is 0 Å². The van der Waals surface area contributed by atoms with Gasteiger partial charge in [0.05, 0.1) is 25.4 Å². The van der Waals surface area contributed by atoms with Crippen molar-refractivity contribution in [2.24, 2.45) is 5.73 Å². The van der Waals surface area contributed by atoms with E-state index in [4.69, 9.17) is 20.3 Å². The molecule has 7 heteroatoms. The molecule has 0 heterocycles. The third kappa shape index (κ3) is 14.3. The Morgan fingerprint density at radius 3 is 2.11 bits per heavy atom. The molecule has 0 radical (unpaired) electrons. The lowest BCUT2D eigenvalue weighted by Gasteiger charge is -2.24. The summed E-state index contributed by atoms with van der Waals surface area (Å²) >= 11 is 0. The Kier molecular flexibility index (Phi) is 20.6. The van der Waals surface area contributed by atoms with E-state index in [9.17, 15) is 10.2 Å². The molecule has 0 fully saturated rings. The minimum atomic E-state index is -0.917. The number of rotatable bonds is 12. The lowest BCUT2D eigenvalue weighted by molar-refractivity contribution is 0.115. The summed E-state index contributed by atoms with van der Waals surface area (Å²) in [6.45, 7) is 8.63. The number of hydrogen-bond donors (Lipinski definition) is 5. The van der Waals surface area contributed by atoms with Gasteiger partial charge in [-0.05, 0) is 49.4 Å². The zero-order valence-electron chi connectivity index (χ0n) is 18.1. The van der Waals surface area contributed by atoms with E-state index in [-0.39, 0.29) is 13.2 Å². The highest BCUT2D eigenvalue weighted by Gasteiger charge is 2.22. The second kappa shape index (κ2) is 19.6. The van der Waals surface area contributed by atoms with Crippen LogP contribution in [0, 0.1) is 6.92 Å². The Balaban J connectivity index is 0. The molecule has 0 bridgehead atoms. The summed E-state index contributed by atoms with van der Waals surface area (Å²) in [5.41, 5.74) is 7.35. The van der Waals surface area contributed by atoms with Gasteiger partial charge in [0.2, 0.25) is 0 Å². The third-order valence-corrected chi connectivity index (χ3v) is 4.35. The van der Waals surface area contributed by atoms with E-state index < -0.39 is 14.6 Å². The molecule has 166 valence electrons. The molecule has 0 aliphatic rings. The highest BCUT2D eigenvalue weighted by atomic mass is 31.1. The molecule has 0 amide bonds. The van der Waals surface area contributed by atoms with Crippen molar-refractivity contribution in [2.75, 3.05) is 19.8 Å². The second-order valence-corrected chi connectivity index (χ2v) is 6.83. The Hall–Kier alpha value is -0.750. The zero-order chi connectivity index (χ0) is 21.8. The quantitative estimate of drug-likeness (QED) is 0.262. The van der Waals surface area contributed by atoms with Crippen LogP contribution in [0.4, 0.5) is 0 Å². The van der Waals surface area contributed by atoms with E-state index in [0.29, 0.717) is 6.42 Å². The molecule has 6 N–H and O–H groups in total. The maximum atomic E-state index is 9.25. The molecule has 0 atom stereocenters.